The Hall–Kier alpha value is -0.670. The maximum atomic E-state index is 11.1. The van der Waals surface area contributed by atoms with Crippen molar-refractivity contribution in [2.45, 2.75) is 0 Å². The van der Waals surface area contributed by atoms with E-state index < -0.39 is 39.7 Å². The van der Waals surface area contributed by atoms with Gasteiger partial charge >= 0.3 is 0 Å². The van der Waals surface area contributed by atoms with Crippen molar-refractivity contribution in [3.05, 3.63) is 24.0 Å². The minimum atomic E-state index is -4.24. The van der Waals surface area contributed by atoms with E-state index in [1.165, 1.54) is 0 Å². The summed E-state index contributed by atoms with van der Waals surface area (Å²) >= 11 is 0. The summed E-state index contributed by atoms with van der Waals surface area (Å²) < 4.78 is 65.7. The van der Waals surface area contributed by atoms with Gasteiger partial charge in [0, 0.05) is 10.8 Å². The summed E-state index contributed by atoms with van der Waals surface area (Å²) in [6.07, 6.45) is 0. The summed E-state index contributed by atoms with van der Waals surface area (Å²) in [6, 6.07) is 0. The Morgan fingerprint density at radius 3 is 1.20 bits per heavy atom. The zero-order chi connectivity index (χ0) is 12.3. The lowest BCUT2D eigenvalue weighted by molar-refractivity contribution is 0.592. The van der Waals surface area contributed by atoms with Gasteiger partial charge in [0.05, 0.1) is 0 Å². The second kappa shape index (κ2) is 4.45. The quantitative estimate of drug-likeness (QED) is 0.643. The molecule has 0 saturated carbocycles. The van der Waals surface area contributed by atoms with Crippen LogP contribution in [0, 0.1) is 0 Å². The molecule has 0 fully saturated rings. The summed E-state index contributed by atoms with van der Waals surface area (Å²) in [5.41, 5.74) is 0. The molecule has 0 amide bonds. The lowest BCUT2D eigenvalue weighted by atomic mass is 11.3. The van der Waals surface area contributed by atoms with Gasteiger partial charge in [0.15, 0.2) is 39.7 Å². The fraction of sp³-hybridized carbons (Fsp3) is 0.333. The highest BCUT2D eigenvalue weighted by atomic mass is 32.3. The number of sulfone groups is 3. The van der Waals surface area contributed by atoms with Gasteiger partial charge in [-0.3, -0.25) is 0 Å². The van der Waals surface area contributed by atoms with Crippen molar-refractivity contribution < 1.29 is 25.3 Å². The fourth-order valence-electron chi connectivity index (χ4n) is 0.631. The molecule has 0 aromatic carbocycles. The van der Waals surface area contributed by atoms with E-state index in [9.17, 15) is 25.3 Å². The van der Waals surface area contributed by atoms with Gasteiger partial charge in [-0.05, 0) is 0 Å². The zero-order valence-corrected chi connectivity index (χ0v) is 10.1. The summed E-state index contributed by atoms with van der Waals surface area (Å²) in [7, 11) is -12.2. The first-order chi connectivity index (χ1) is 6.54. The van der Waals surface area contributed by atoms with E-state index in [-0.39, 0.29) is 0 Å². The maximum absolute atomic E-state index is 11.1. The van der Waals surface area contributed by atoms with Crippen molar-refractivity contribution in [1.29, 1.82) is 0 Å². The van der Waals surface area contributed by atoms with Gasteiger partial charge in [-0.25, -0.2) is 25.3 Å². The summed E-state index contributed by atoms with van der Waals surface area (Å²) in [6.45, 7) is 5.82. The number of hydrogen-bond donors (Lipinski definition) is 0. The molecule has 0 aromatic rings. The SMILES string of the molecule is C=CS(=O)(=O)CS(=O)(=O)CS(=O)(=O)C=C. The minimum absolute atomic E-state index is 0.463. The van der Waals surface area contributed by atoms with E-state index in [4.69, 9.17) is 0 Å². The third-order valence-electron chi connectivity index (χ3n) is 1.20. The molecule has 0 aliphatic heterocycles. The van der Waals surface area contributed by atoms with E-state index in [0.29, 0.717) is 10.8 Å². The first kappa shape index (κ1) is 14.3. The van der Waals surface area contributed by atoms with E-state index in [1.807, 2.05) is 0 Å². The molecular weight excluding hydrogens is 264 g/mol. The normalized spacial score (nSPS) is 13.3. The summed E-state index contributed by atoms with van der Waals surface area (Å²) in [5.74, 6) is 0. The van der Waals surface area contributed by atoms with E-state index in [0.717, 1.165) is 0 Å². The van der Waals surface area contributed by atoms with Crippen molar-refractivity contribution in [2.75, 3.05) is 10.2 Å². The first-order valence-electron chi connectivity index (χ1n) is 3.44. The Morgan fingerprint density at radius 1 is 0.733 bits per heavy atom. The molecular formula is C6H10O6S3. The number of hydrogen-bond acceptors (Lipinski definition) is 6. The van der Waals surface area contributed by atoms with Crippen LogP contribution < -0.4 is 0 Å². The predicted molar refractivity (Wildman–Crippen MR) is 56.9 cm³/mol. The van der Waals surface area contributed by atoms with Gasteiger partial charge in [0.25, 0.3) is 0 Å². The van der Waals surface area contributed by atoms with Gasteiger partial charge in [0.1, 0.15) is 0 Å². The average molecular weight is 274 g/mol. The molecule has 88 valence electrons. The highest BCUT2D eigenvalue weighted by Crippen LogP contribution is 2.04. The molecule has 0 atom stereocenters. The lowest BCUT2D eigenvalue weighted by Crippen LogP contribution is -2.21. The van der Waals surface area contributed by atoms with Gasteiger partial charge in [-0.1, -0.05) is 13.2 Å². The Labute approximate surface area is 89.1 Å². The molecule has 0 unspecified atom stereocenters. The van der Waals surface area contributed by atoms with Gasteiger partial charge in [-0.2, -0.15) is 0 Å². The van der Waals surface area contributed by atoms with E-state index >= 15 is 0 Å². The molecule has 0 bridgehead atoms. The monoisotopic (exact) mass is 274 g/mol. The lowest BCUT2D eigenvalue weighted by Gasteiger charge is -2.01. The highest BCUT2D eigenvalue weighted by molar-refractivity contribution is 8.16. The van der Waals surface area contributed by atoms with Crippen LogP contribution in [0.5, 0.6) is 0 Å². The largest absolute Gasteiger partial charge is 0.227 e. The first-order valence-corrected chi connectivity index (χ1v) is 8.69. The molecule has 0 saturated heterocycles. The van der Waals surface area contributed by atoms with Crippen molar-refractivity contribution in [2.24, 2.45) is 0 Å². The van der Waals surface area contributed by atoms with Crippen LogP contribution in [0.1, 0.15) is 0 Å². The van der Waals surface area contributed by atoms with Crippen LogP contribution in [-0.4, -0.2) is 35.4 Å². The molecule has 15 heavy (non-hydrogen) atoms. The van der Waals surface area contributed by atoms with Crippen LogP contribution in [-0.2, 0) is 29.5 Å². The molecule has 0 aliphatic rings. The van der Waals surface area contributed by atoms with Crippen molar-refractivity contribution in [1.82, 2.24) is 0 Å². The van der Waals surface area contributed by atoms with E-state index in [1.54, 1.807) is 0 Å². The predicted octanol–water partition coefficient (Wildman–Crippen LogP) is -0.567. The van der Waals surface area contributed by atoms with Gasteiger partial charge in [0.2, 0.25) is 0 Å². The topological polar surface area (TPSA) is 102 Å². The molecule has 0 heterocycles. The molecule has 0 rings (SSSR count). The van der Waals surface area contributed by atoms with Crippen LogP contribution in [0.3, 0.4) is 0 Å². The summed E-state index contributed by atoms with van der Waals surface area (Å²) in [4.78, 5) is 0. The van der Waals surface area contributed by atoms with E-state index in [2.05, 4.69) is 13.2 Å². The minimum Gasteiger partial charge on any atom is -0.227 e. The molecule has 0 aromatic heterocycles. The smallest absolute Gasteiger partial charge is 0.185 e. The average Bonchev–Trinajstić information content (AvgIpc) is 2.00. The van der Waals surface area contributed by atoms with Gasteiger partial charge < -0.3 is 0 Å². The fourth-order valence-corrected chi connectivity index (χ4v) is 6.29. The van der Waals surface area contributed by atoms with Crippen LogP contribution in [0.25, 0.3) is 0 Å². The van der Waals surface area contributed by atoms with Crippen LogP contribution >= 0.6 is 0 Å². The Kier molecular flexibility index (Phi) is 4.26. The van der Waals surface area contributed by atoms with Crippen molar-refractivity contribution >= 4 is 29.5 Å². The van der Waals surface area contributed by atoms with Crippen molar-refractivity contribution in [3.63, 3.8) is 0 Å². The molecule has 0 spiro atoms. The summed E-state index contributed by atoms with van der Waals surface area (Å²) in [5, 5.41) is -1.61. The Balaban J connectivity index is 5.07. The van der Waals surface area contributed by atoms with Crippen LogP contribution in [0.15, 0.2) is 24.0 Å². The zero-order valence-electron chi connectivity index (χ0n) is 7.66. The maximum Gasteiger partial charge on any atom is 0.185 e. The second-order valence-corrected chi connectivity index (χ2v) is 9.33. The number of rotatable bonds is 6. The van der Waals surface area contributed by atoms with Crippen LogP contribution in [0.2, 0.25) is 0 Å². The Morgan fingerprint density at radius 2 is 1.00 bits per heavy atom. The third-order valence-corrected chi connectivity index (χ3v) is 7.71. The molecule has 0 N–H and O–H groups in total. The molecule has 6 nitrogen and oxygen atoms in total. The highest BCUT2D eigenvalue weighted by Gasteiger charge is 2.25. The standard InChI is InChI=1S/C6H10O6S3/c1-3-13(7,8)5-15(11,12)6-14(9,10)4-2/h3-4H,1-2,5-6H2. The second-order valence-electron chi connectivity index (χ2n) is 2.64. The van der Waals surface area contributed by atoms with Crippen LogP contribution in [0.4, 0.5) is 0 Å². The third kappa shape index (κ3) is 5.70. The molecule has 0 radical (unpaired) electrons. The molecule has 0 aliphatic carbocycles. The van der Waals surface area contributed by atoms with Crippen molar-refractivity contribution in [3.8, 4) is 0 Å². The van der Waals surface area contributed by atoms with Gasteiger partial charge in [-0.15, -0.1) is 0 Å². The Bertz CT molecular complexity index is 502. The molecule has 9 heteroatoms.